The van der Waals surface area contributed by atoms with E-state index in [4.69, 9.17) is 4.74 Å². The van der Waals surface area contributed by atoms with Gasteiger partial charge in [-0.15, -0.1) is 0 Å². The summed E-state index contributed by atoms with van der Waals surface area (Å²) < 4.78 is 5.93. The first kappa shape index (κ1) is 26.5. The maximum Gasteiger partial charge on any atom is 0.269 e. The van der Waals surface area contributed by atoms with Gasteiger partial charge in [0.25, 0.3) is 5.91 Å². The van der Waals surface area contributed by atoms with Crippen LogP contribution in [0.5, 0.6) is 5.75 Å². The second kappa shape index (κ2) is 11.6. The Morgan fingerprint density at radius 1 is 0.816 bits per heavy atom. The number of ether oxygens (including phenoxy) is 1. The van der Waals surface area contributed by atoms with Crippen molar-refractivity contribution in [2.75, 3.05) is 0 Å². The third-order valence-electron chi connectivity index (χ3n) is 6.19. The lowest BCUT2D eigenvalue weighted by molar-refractivity contribution is -0.304. The third-order valence-corrected chi connectivity index (χ3v) is 6.19. The van der Waals surface area contributed by atoms with Gasteiger partial charge in [0, 0.05) is 18.0 Å². The monoisotopic (exact) mass is 507 g/mol. The van der Waals surface area contributed by atoms with Gasteiger partial charge in [0.2, 0.25) is 0 Å². The SMILES string of the molecule is CC(C)(C)c1ccc(/C(=C\CC(=O)[O-])NNC(=O)c2ccc(COc3ccc4ccccc4c3)cc2)cc1. The molecule has 0 radical (unpaired) electrons. The number of benzene rings is 4. The molecule has 6 heteroatoms. The van der Waals surface area contributed by atoms with E-state index in [9.17, 15) is 14.7 Å². The van der Waals surface area contributed by atoms with Gasteiger partial charge >= 0.3 is 0 Å². The van der Waals surface area contributed by atoms with Crippen LogP contribution in [0.3, 0.4) is 0 Å². The van der Waals surface area contributed by atoms with Crippen LogP contribution in [0.15, 0.2) is 97.1 Å². The van der Waals surface area contributed by atoms with Crippen molar-refractivity contribution in [1.82, 2.24) is 10.9 Å². The van der Waals surface area contributed by atoms with E-state index in [0.29, 0.717) is 17.9 Å². The van der Waals surface area contributed by atoms with E-state index < -0.39 is 5.97 Å². The maximum atomic E-state index is 12.8. The summed E-state index contributed by atoms with van der Waals surface area (Å²) in [6, 6.07) is 29.0. The molecule has 0 aromatic heterocycles. The van der Waals surface area contributed by atoms with Crippen molar-refractivity contribution >= 4 is 28.3 Å². The van der Waals surface area contributed by atoms with E-state index >= 15 is 0 Å². The fourth-order valence-corrected chi connectivity index (χ4v) is 3.95. The van der Waals surface area contributed by atoms with Crippen LogP contribution in [-0.4, -0.2) is 11.9 Å². The van der Waals surface area contributed by atoms with Crippen LogP contribution in [0, 0.1) is 0 Å². The van der Waals surface area contributed by atoms with Crippen molar-refractivity contribution < 1.29 is 19.4 Å². The van der Waals surface area contributed by atoms with Crippen LogP contribution >= 0.6 is 0 Å². The summed E-state index contributed by atoms with van der Waals surface area (Å²) in [5, 5.41) is 13.3. The Labute approximate surface area is 222 Å². The Morgan fingerprint density at radius 2 is 1.47 bits per heavy atom. The molecule has 0 atom stereocenters. The molecule has 6 nitrogen and oxygen atoms in total. The summed E-state index contributed by atoms with van der Waals surface area (Å²) in [7, 11) is 0. The smallest absolute Gasteiger partial charge is 0.269 e. The second-order valence-corrected chi connectivity index (χ2v) is 10.1. The molecule has 0 heterocycles. The molecule has 1 amide bonds. The number of carboxylic acid groups (broad SMARTS) is 1. The predicted octanol–water partition coefficient (Wildman–Crippen LogP) is 5.13. The summed E-state index contributed by atoms with van der Waals surface area (Å²) in [6.45, 7) is 6.73. The van der Waals surface area contributed by atoms with Crippen LogP contribution < -0.4 is 20.7 Å². The topological polar surface area (TPSA) is 90.5 Å². The van der Waals surface area contributed by atoms with Gasteiger partial charge in [-0.3, -0.25) is 15.6 Å². The van der Waals surface area contributed by atoms with E-state index in [1.165, 1.54) is 6.08 Å². The van der Waals surface area contributed by atoms with E-state index in [0.717, 1.165) is 33.2 Å². The van der Waals surface area contributed by atoms with Crippen LogP contribution in [0.2, 0.25) is 0 Å². The highest BCUT2D eigenvalue weighted by atomic mass is 16.5. The van der Waals surface area contributed by atoms with Gasteiger partial charge in [0.1, 0.15) is 12.4 Å². The lowest BCUT2D eigenvalue weighted by Gasteiger charge is -2.20. The third kappa shape index (κ3) is 7.01. The zero-order valence-electron chi connectivity index (χ0n) is 21.8. The first-order chi connectivity index (χ1) is 18.2. The molecule has 0 saturated heterocycles. The Kier molecular flexibility index (Phi) is 8.12. The fraction of sp³-hybridized carbons (Fsp3) is 0.188. The molecule has 4 aromatic carbocycles. The van der Waals surface area contributed by atoms with Crippen molar-refractivity contribution in [1.29, 1.82) is 0 Å². The molecule has 0 bridgehead atoms. The van der Waals surface area contributed by atoms with Gasteiger partial charge in [-0.25, -0.2) is 0 Å². The molecular weight excluding hydrogens is 476 g/mol. The predicted molar refractivity (Wildman–Crippen MR) is 148 cm³/mol. The standard InChI is InChI=1S/C32H32N2O4/c1-32(2,3)27-15-12-24(13-16-27)29(18-19-30(35)36)33-34-31(37)25-10-8-22(9-11-25)21-38-28-17-14-23-6-4-5-7-26(23)20-28/h4-18,20,33H,19,21H2,1-3H3,(H,34,37)(H,35,36)/p-1/b29-18+. The van der Waals surface area contributed by atoms with E-state index in [1.54, 1.807) is 12.1 Å². The van der Waals surface area contributed by atoms with Crippen molar-refractivity contribution in [2.45, 2.75) is 39.2 Å². The van der Waals surface area contributed by atoms with Crippen LogP contribution in [0.1, 0.15) is 54.2 Å². The molecule has 0 aliphatic heterocycles. The normalized spacial score (nSPS) is 11.7. The first-order valence-corrected chi connectivity index (χ1v) is 12.5. The zero-order valence-corrected chi connectivity index (χ0v) is 21.8. The molecule has 0 fully saturated rings. The van der Waals surface area contributed by atoms with E-state index in [-0.39, 0.29) is 17.7 Å². The molecule has 2 N–H and O–H groups in total. The number of rotatable bonds is 9. The highest BCUT2D eigenvalue weighted by Gasteiger charge is 2.14. The Balaban J connectivity index is 1.37. The first-order valence-electron chi connectivity index (χ1n) is 12.5. The maximum absolute atomic E-state index is 12.8. The molecular formula is C32H31N2O4-. The summed E-state index contributed by atoms with van der Waals surface area (Å²) in [5.41, 5.74) is 9.27. The Morgan fingerprint density at radius 3 is 2.13 bits per heavy atom. The summed E-state index contributed by atoms with van der Waals surface area (Å²) in [5.74, 6) is -0.776. The number of hydrogen-bond acceptors (Lipinski definition) is 5. The van der Waals surface area contributed by atoms with Crippen molar-refractivity contribution in [3.63, 3.8) is 0 Å². The van der Waals surface area contributed by atoms with Crippen LogP contribution in [0.4, 0.5) is 0 Å². The molecule has 0 aliphatic rings. The lowest BCUT2D eigenvalue weighted by atomic mass is 9.86. The molecule has 194 valence electrons. The summed E-state index contributed by atoms with van der Waals surface area (Å²) >= 11 is 0. The Hall–Kier alpha value is -4.58. The lowest BCUT2D eigenvalue weighted by Crippen LogP contribution is -2.36. The number of hydrazine groups is 1. The van der Waals surface area contributed by atoms with E-state index in [1.807, 2.05) is 72.8 Å². The van der Waals surface area contributed by atoms with Crippen LogP contribution in [0.25, 0.3) is 16.5 Å². The molecule has 0 spiro atoms. The molecule has 0 unspecified atom stereocenters. The highest BCUT2D eigenvalue weighted by molar-refractivity contribution is 5.94. The fourth-order valence-electron chi connectivity index (χ4n) is 3.95. The minimum Gasteiger partial charge on any atom is -0.550 e. The number of carboxylic acids is 1. The highest BCUT2D eigenvalue weighted by Crippen LogP contribution is 2.24. The largest absolute Gasteiger partial charge is 0.550 e. The number of carbonyl (C=O) groups excluding carboxylic acids is 2. The number of aliphatic carboxylic acids is 1. The number of nitrogens with one attached hydrogen (secondary N) is 2. The van der Waals surface area contributed by atoms with Gasteiger partial charge in [0.15, 0.2) is 0 Å². The molecule has 4 rings (SSSR count). The van der Waals surface area contributed by atoms with Gasteiger partial charge in [-0.1, -0.05) is 93.6 Å². The van der Waals surface area contributed by atoms with Crippen LogP contribution in [-0.2, 0) is 16.8 Å². The number of carbonyl (C=O) groups is 2. The van der Waals surface area contributed by atoms with Crippen molar-refractivity contribution in [2.24, 2.45) is 0 Å². The van der Waals surface area contributed by atoms with Gasteiger partial charge in [-0.05, 0) is 57.1 Å². The second-order valence-electron chi connectivity index (χ2n) is 10.1. The minimum absolute atomic E-state index is 0.0122. The Bertz CT molecular complexity index is 1450. The molecule has 4 aromatic rings. The van der Waals surface area contributed by atoms with Crippen molar-refractivity contribution in [3.05, 3.63) is 119 Å². The molecule has 0 aliphatic carbocycles. The zero-order chi connectivity index (χ0) is 27.1. The average molecular weight is 508 g/mol. The van der Waals surface area contributed by atoms with Gasteiger partial charge in [-0.2, -0.15) is 0 Å². The van der Waals surface area contributed by atoms with E-state index in [2.05, 4.69) is 37.7 Å². The number of hydrogen-bond donors (Lipinski definition) is 2. The minimum atomic E-state index is -1.21. The summed E-state index contributed by atoms with van der Waals surface area (Å²) in [4.78, 5) is 23.8. The average Bonchev–Trinajstić information content (AvgIpc) is 2.91. The molecule has 38 heavy (non-hydrogen) atoms. The van der Waals surface area contributed by atoms with Crippen molar-refractivity contribution in [3.8, 4) is 5.75 Å². The van der Waals surface area contributed by atoms with Gasteiger partial charge < -0.3 is 14.6 Å². The number of amides is 1. The molecule has 0 saturated carbocycles. The summed E-state index contributed by atoms with van der Waals surface area (Å²) in [6.07, 6.45) is 1.19. The quantitative estimate of drug-likeness (QED) is 0.307. The van der Waals surface area contributed by atoms with Gasteiger partial charge in [0.05, 0.1) is 5.70 Å². The number of fused-ring (bicyclic) bond motifs is 1.